The smallest absolute Gasteiger partial charge is 0.142 e. The van der Waals surface area contributed by atoms with Crippen molar-refractivity contribution in [2.24, 2.45) is 5.92 Å². The maximum atomic E-state index is 5.87. The van der Waals surface area contributed by atoms with Crippen LogP contribution in [0.1, 0.15) is 32.3 Å². The molecule has 1 aliphatic rings. The van der Waals surface area contributed by atoms with Crippen molar-refractivity contribution in [2.45, 2.75) is 33.2 Å². The minimum atomic E-state index is 0.709. The van der Waals surface area contributed by atoms with Crippen LogP contribution in [0.4, 0.5) is 5.69 Å². The molecule has 1 heterocycles. The van der Waals surface area contributed by atoms with Gasteiger partial charge in [0.15, 0.2) is 0 Å². The molecule has 1 fully saturated rings. The number of hydrogen-bond acceptors (Lipinski definition) is 3. The molecule has 0 spiro atoms. The number of anilines is 1. The third-order valence-electron chi connectivity index (χ3n) is 4.07. The molecule has 0 saturated carbocycles. The molecular formula is C18H28N2O. The van der Waals surface area contributed by atoms with Gasteiger partial charge in [-0.1, -0.05) is 19.1 Å². The Morgan fingerprint density at radius 3 is 2.81 bits per heavy atom. The first-order valence-corrected chi connectivity index (χ1v) is 8.07. The quantitative estimate of drug-likeness (QED) is 0.613. The summed E-state index contributed by atoms with van der Waals surface area (Å²) in [6.07, 6.45) is 4.43. The predicted octanol–water partition coefficient (Wildman–Crippen LogP) is 3.60. The van der Waals surface area contributed by atoms with Gasteiger partial charge >= 0.3 is 0 Å². The molecule has 1 aliphatic heterocycles. The van der Waals surface area contributed by atoms with Crippen LogP contribution in [0.15, 0.2) is 30.9 Å². The van der Waals surface area contributed by atoms with Gasteiger partial charge in [0.1, 0.15) is 5.75 Å². The lowest BCUT2D eigenvalue weighted by atomic mass is 9.98. The zero-order valence-electron chi connectivity index (χ0n) is 13.4. The van der Waals surface area contributed by atoms with Gasteiger partial charge in [0.05, 0.1) is 12.3 Å². The third-order valence-corrected chi connectivity index (χ3v) is 4.07. The Labute approximate surface area is 129 Å². The highest BCUT2D eigenvalue weighted by atomic mass is 16.5. The van der Waals surface area contributed by atoms with Crippen LogP contribution < -0.4 is 15.0 Å². The average Bonchev–Trinajstić information content (AvgIpc) is 2.49. The van der Waals surface area contributed by atoms with E-state index in [2.05, 4.69) is 41.9 Å². The second-order valence-corrected chi connectivity index (χ2v) is 5.82. The molecule has 0 bridgehead atoms. The average molecular weight is 288 g/mol. The van der Waals surface area contributed by atoms with E-state index in [1.165, 1.54) is 24.1 Å². The van der Waals surface area contributed by atoms with E-state index in [0.29, 0.717) is 6.61 Å². The fourth-order valence-electron chi connectivity index (χ4n) is 2.77. The lowest BCUT2D eigenvalue weighted by Gasteiger charge is -2.33. The molecule has 3 heteroatoms. The van der Waals surface area contributed by atoms with Crippen molar-refractivity contribution in [2.75, 3.05) is 31.1 Å². The molecule has 1 saturated heterocycles. The van der Waals surface area contributed by atoms with Gasteiger partial charge in [-0.25, -0.2) is 0 Å². The zero-order valence-corrected chi connectivity index (χ0v) is 13.4. The first kappa shape index (κ1) is 15.9. The molecule has 0 radical (unpaired) electrons. The number of hydrogen-bond donors (Lipinski definition) is 1. The Morgan fingerprint density at radius 1 is 1.38 bits per heavy atom. The lowest BCUT2D eigenvalue weighted by molar-refractivity contribution is 0.338. The number of benzene rings is 1. The Morgan fingerprint density at radius 2 is 2.14 bits per heavy atom. The highest BCUT2D eigenvalue weighted by molar-refractivity contribution is 5.60. The van der Waals surface area contributed by atoms with E-state index in [4.69, 9.17) is 4.74 Å². The van der Waals surface area contributed by atoms with Gasteiger partial charge in [0, 0.05) is 26.2 Å². The Hall–Kier alpha value is -1.48. The highest BCUT2D eigenvalue weighted by Gasteiger charge is 2.19. The van der Waals surface area contributed by atoms with Gasteiger partial charge < -0.3 is 15.0 Å². The summed E-state index contributed by atoms with van der Waals surface area (Å²) in [6, 6.07) is 6.59. The van der Waals surface area contributed by atoms with Crippen molar-refractivity contribution in [3.63, 3.8) is 0 Å². The van der Waals surface area contributed by atoms with Crippen molar-refractivity contribution >= 4 is 5.69 Å². The van der Waals surface area contributed by atoms with Crippen molar-refractivity contribution in [1.29, 1.82) is 0 Å². The Balaban J connectivity index is 2.10. The molecular weight excluding hydrogens is 260 g/mol. The summed E-state index contributed by atoms with van der Waals surface area (Å²) in [6.45, 7) is 12.8. The topological polar surface area (TPSA) is 24.5 Å². The first-order valence-electron chi connectivity index (χ1n) is 8.07. The fourth-order valence-corrected chi connectivity index (χ4v) is 2.77. The minimum Gasteiger partial charge on any atom is -0.492 e. The van der Waals surface area contributed by atoms with Crippen LogP contribution in [0.2, 0.25) is 0 Å². The van der Waals surface area contributed by atoms with Crippen LogP contribution >= 0.6 is 0 Å². The van der Waals surface area contributed by atoms with Crippen molar-refractivity contribution < 1.29 is 4.74 Å². The number of nitrogens with one attached hydrogen (secondary N) is 1. The standard InChI is InChI=1S/C18H28N2O/c1-4-10-19-14-16-6-7-17(18(13-16)21-5-2)20-11-8-15(3)9-12-20/h4,6-7,13,15,19H,1,5,8-12,14H2,2-3H3. The summed E-state index contributed by atoms with van der Waals surface area (Å²) in [7, 11) is 0. The molecule has 1 aromatic rings. The third kappa shape index (κ3) is 4.50. The molecule has 116 valence electrons. The molecule has 0 unspecified atom stereocenters. The van der Waals surface area contributed by atoms with Crippen molar-refractivity contribution in [3.05, 3.63) is 36.4 Å². The monoisotopic (exact) mass is 288 g/mol. The number of nitrogens with zero attached hydrogens (tertiary/aromatic N) is 1. The van der Waals surface area contributed by atoms with E-state index in [1.807, 2.05) is 13.0 Å². The molecule has 1 N–H and O–H groups in total. The van der Waals surface area contributed by atoms with E-state index < -0.39 is 0 Å². The first-order chi connectivity index (χ1) is 10.2. The van der Waals surface area contributed by atoms with Crippen LogP contribution in [0, 0.1) is 5.92 Å². The Kier molecular flexibility index (Phi) is 6.12. The molecule has 0 atom stereocenters. The summed E-state index contributed by atoms with van der Waals surface area (Å²) in [4.78, 5) is 2.46. The number of ether oxygens (including phenoxy) is 1. The zero-order chi connectivity index (χ0) is 15.1. The van der Waals surface area contributed by atoms with E-state index in [9.17, 15) is 0 Å². The molecule has 0 aromatic heterocycles. The second kappa shape index (κ2) is 8.08. The van der Waals surface area contributed by atoms with Crippen LogP contribution in [-0.4, -0.2) is 26.2 Å². The summed E-state index contributed by atoms with van der Waals surface area (Å²) in [5.41, 5.74) is 2.51. The second-order valence-electron chi connectivity index (χ2n) is 5.82. The largest absolute Gasteiger partial charge is 0.492 e. The van der Waals surface area contributed by atoms with E-state index in [-0.39, 0.29) is 0 Å². The number of rotatable bonds is 7. The van der Waals surface area contributed by atoms with Crippen molar-refractivity contribution in [3.8, 4) is 5.75 Å². The van der Waals surface area contributed by atoms with Gasteiger partial charge in [0.2, 0.25) is 0 Å². The molecule has 21 heavy (non-hydrogen) atoms. The van der Waals surface area contributed by atoms with Crippen LogP contribution in [0.25, 0.3) is 0 Å². The minimum absolute atomic E-state index is 0.709. The van der Waals surface area contributed by atoms with Crippen LogP contribution in [0.3, 0.4) is 0 Å². The molecule has 3 nitrogen and oxygen atoms in total. The van der Waals surface area contributed by atoms with Gasteiger partial charge in [0.25, 0.3) is 0 Å². The molecule has 1 aromatic carbocycles. The summed E-state index contributed by atoms with van der Waals surface area (Å²) in [5, 5.41) is 3.34. The van der Waals surface area contributed by atoms with Gasteiger partial charge in [-0.2, -0.15) is 0 Å². The molecule has 0 amide bonds. The molecule has 0 aliphatic carbocycles. The van der Waals surface area contributed by atoms with Gasteiger partial charge in [-0.05, 0) is 43.4 Å². The van der Waals surface area contributed by atoms with Gasteiger partial charge in [-0.15, -0.1) is 6.58 Å². The van der Waals surface area contributed by atoms with Crippen LogP contribution in [-0.2, 0) is 6.54 Å². The maximum Gasteiger partial charge on any atom is 0.142 e. The van der Waals surface area contributed by atoms with Crippen molar-refractivity contribution in [1.82, 2.24) is 5.32 Å². The summed E-state index contributed by atoms with van der Waals surface area (Å²) in [5.74, 6) is 1.86. The normalized spacial score (nSPS) is 16.0. The summed E-state index contributed by atoms with van der Waals surface area (Å²) < 4.78 is 5.87. The Bertz CT molecular complexity index is 451. The SMILES string of the molecule is C=CCNCc1ccc(N2CCC(C)CC2)c(OCC)c1. The summed E-state index contributed by atoms with van der Waals surface area (Å²) >= 11 is 0. The van der Waals surface area contributed by atoms with E-state index in [0.717, 1.165) is 37.8 Å². The van der Waals surface area contributed by atoms with Gasteiger partial charge in [-0.3, -0.25) is 0 Å². The lowest BCUT2D eigenvalue weighted by Crippen LogP contribution is -2.33. The van der Waals surface area contributed by atoms with E-state index >= 15 is 0 Å². The molecule has 2 rings (SSSR count). The van der Waals surface area contributed by atoms with Crippen LogP contribution in [0.5, 0.6) is 5.75 Å². The highest BCUT2D eigenvalue weighted by Crippen LogP contribution is 2.32. The fraction of sp³-hybridized carbons (Fsp3) is 0.556. The van der Waals surface area contributed by atoms with E-state index in [1.54, 1.807) is 0 Å². The number of piperidine rings is 1. The maximum absolute atomic E-state index is 5.87. The predicted molar refractivity (Wildman–Crippen MR) is 90.1 cm³/mol.